The van der Waals surface area contributed by atoms with Crippen molar-refractivity contribution in [3.8, 4) is 0 Å². The molecule has 0 spiro atoms. The van der Waals surface area contributed by atoms with E-state index in [-0.39, 0.29) is 19.0 Å². The minimum absolute atomic E-state index is 0.198. The maximum Gasteiger partial charge on any atom is 0.310 e. The van der Waals surface area contributed by atoms with Crippen LogP contribution in [-0.2, 0) is 20.7 Å². The molecule has 0 saturated carbocycles. The van der Waals surface area contributed by atoms with Crippen molar-refractivity contribution >= 4 is 17.6 Å². The van der Waals surface area contributed by atoms with Crippen LogP contribution in [0.4, 0.5) is 0 Å². The number of methoxy groups -OCH3 is 1. The van der Waals surface area contributed by atoms with E-state index >= 15 is 0 Å². The van der Waals surface area contributed by atoms with E-state index < -0.39 is 0 Å². The molecule has 0 aliphatic heterocycles. The van der Waals surface area contributed by atoms with Gasteiger partial charge in [0.05, 0.1) is 13.0 Å². The Morgan fingerprint density at radius 2 is 2.07 bits per heavy atom. The zero-order valence-corrected chi connectivity index (χ0v) is 9.29. The molecule has 4 heteroatoms. The predicted molar refractivity (Wildman–Crippen MR) is 58.0 cm³/mol. The quantitative estimate of drug-likeness (QED) is 0.572. The summed E-state index contributed by atoms with van der Waals surface area (Å²) in [5.41, 5.74) is 0.779. The number of halogens is 1. The fourth-order valence-electron chi connectivity index (χ4n) is 1.09. The molecule has 1 aromatic carbocycles. The Morgan fingerprint density at radius 1 is 1.33 bits per heavy atom. The first-order valence-corrected chi connectivity index (χ1v) is 5.00. The molecule has 0 N–H and O–H groups in total. The Balaban J connectivity index is 2.41. The lowest BCUT2D eigenvalue weighted by Gasteiger charge is -2.05. The lowest BCUT2D eigenvalue weighted by atomic mass is 10.1. The number of rotatable bonds is 5. The van der Waals surface area contributed by atoms with Gasteiger partial charge in [-0.1, -0.05) is 29.8 Å². The fourth-order valence-corrected chi connectivity index (χ4v) is 1.29. The van der Waals surface area contributed by atoms with Crippen LogP contribution in [0, 0.1) is 0 Å². The second-order valence-electron chi connectivity index (χ2n) is 2.98. The summed E-state index contributed by atoms with van der Waals surface area (Å²) >= 11 is 5.90. The molecular weight excluding hydrogens is 216 g/mol. The van der Waals surface area contributed by atoms with Gasteiger partial charge in [0.2, 0.25) is 0 Å². The topological polar surface area (TPSA) is 35.5 Å². The third-order valence-electron chi connectivity index (χ3n) is 1.84. The number of hydrogen-bond acceptors (Lipinski definition) is 3. The third kappa shape index (κ3) is 4.32. The first-order chi connectivity index (χ1) is 7.24. The Kier molecular flexibility index (Phi) is 5.15. The average molecular weight is 229 g/mol. The van der Waals surface area contributed by atoms with Gasteiger partial charge in [0, 0.05) is 12.1 Å². The van der Waals surface area contributed by atoms with Crippen LogP contribution < -0.4 is 0 Å². The molecule has 0 atom stereocenters. The average Bonchev–Trinajstić information content (AvgIpc) is 2.22. The molecule has 0 aliphatic rings. The van der Waals surface area contributed by atoms with E-state index in [0.717, 1.165) is 5.56 Å². The second-order valence-corrected chi connectivity index (χ2v) is 3.39. The van der Waals surface area contributed by atoms with E-state index in [1.165, 1.54) is 0 Å². The number of carbonyl (C=O) groups is 1. The molecule has 0 heterocycles. The number of ether oxygens (including phenoxy) is 2. The van der Waals surface area contributed by atoms with E-state index in [1.54, 1.807) is 19.2 Å². The Bertz CT molecular complexity index is 325. The molecule has 0 bridgehead atoms. The van der Waals surface area contributed by atoms with Crippen molar-refractivity contribution in [1.29, 1.82) is 0 Å². The second kappa shape index (κ2) is 6.43. The van der Waals surface area contributed by atoms with E-state index in [1.807, 2.05) is 12.1 Å². The summed E-state index contributed by atoms with van der Waals surface area (Å²) in [6.07, 6.45) is 0.198. The summed E-state index contributed by atoms with van der Waals surface area (Å²) in [4.78, 5) is 11.3. The standard InChI is InChI=1S/C11H13ClO3/c1-14-6-7-15-11(13)8-9-4-2-3-5-10(9)12/h2-5H,6-8H2,1H3. The number of carbonyl (C=O) groups excluding carboxylic acids is 1. The van der Waals surface area contributed by atoms with Gasteiger partial charge in [-0.3, -0.25) is 4.79 Å². The smallest absolute Gasteiger partial charge is 0.310 e. The molecule has 1 aromatic rings. The van der Waals surface area contributed by atoms with Crippen LogP contribution in [0.25, 0.3) is 0 Å². The molecule has 15 heavy (non-hydrogen) atoms. The van der Waals surface area contributed by atoms with Crippen molar-refractivity contribution in [3.63, 3.8) is 0 Å². The Labute approximate surface area is 93.9 Å². The molecule has 0 amide bonds. The van der Waals surface area contributed by atoms with Gasteiger partial charge < -0.3 is 9.47 Å². The summed E-state index contributed by atoms with van der Waals surface area (Å²) in [7, 11) is 1.56. The van der Waals surface area contributed by atoms with Crippen molar-refractivity contribution in [2.24, 2.45) is 0 Å². The van der Waals surface area contributed by atoms with Crippen LogP contribution in [0.1, 0.15) is 5.56 Å². The van der Waals surface area contributed by atoms with Crippen molar-refractivity contribution in [2.75, 3.05) is 20.3 Å². The highest BCUT2D eigenvalue weighted by Gasteiger charge is 2.07. The van der Waals surface area contributed by atoms with Crippen LogP contribution >= 0.6 is 11.6 Å². The monoisotopic (exact) mass is 228 g/mol. The van der Waals surface area contributed by atoms with Gasteiger partial charge in [0.1, 0.15) is 6.61 Å². The first kappa shape index (κ1) is 12.0. The fraction of sp³-hybridized carbons (Fsp3) is 0.364. The lowest BCUT2D eigenvalue weighted by molar-refractivity contribution is -0.144. The molecular formula is C11H13ClO3. The van der Waals surface area contributed by atoms with E-state index in [2.05, 4.69) is 0 Å². The van der Waals surface area contributed by atoms with E-state index in [9.17, 15) is 4.79 Å². The number of benzene rings is 1. The molecule has 0 saturated heterocycles. The van der Waals surface area contributed by atoms with E-state index in [0.29, 0.717) is 11.6 Å². The molecule has 1 rings (SSSR count). The minimum Gasteiger partial charge on any atom is -0.463 e. The Morgan fingerprint density at radius 3 is 2.73 bits per heavy atom. The molecule has 0 unspecified atom stereocenters. The van der Waals surface area contributed by atoms with Crippen molar-refractivity contribution in [2.45, 2.75) is 6.42 Å². The van der Waals surface area contributed by atoms with E-state index in [4.69, 9.17) is 21.1 Å². The van der Waals surface area contributed by atoms with Crippen molar-refractivity contribution < 1.29 is 14.3 Å². The van der Waals surface area contributed by atoms with Crippen LogP contribution in [0.3, 0.4) is 0 Å². The maximum atomic E-state index is 11.3. The SMILES string of the molecule is COCCOC(=O)Cc1ccccc1Cl. The van der Waals surface area contributed by atoms with Crippen LogP contribution in [0.2, 0.25) is 5.02 Å². The van der Waals surface area contributed by atoms with Crippen LogP contribution in [0.15, 0.2) is 24.3 Å². The predicted octanol–water partition coefficient (Wildman–Crippen LogP) is 2.07. The Hall–Kier alpha value is -1.06. The molecule has 0 radical (unpaired) electrons. The summed E-state index contributed by atoms with van der Waals surface area (Å²) in [6, 6.07) is 7.21. The molecule has 3 nitrogen and oxygen atoms in total. The summed E-state index contributed by atoms with van der Waals surface area (Å²) in [5, 5.41) is 0.584. The highest BCUT2D eigenvalue weighted by molar-refractivity contribution is 6.31. The molecule has 0 fully saturated rings. The van der Waals surface area contributed by atoms with Crippen molar-refractivity contribution in [1.82, 2.24) is 0 Å². The van der Waals surface area contributed by atoms with Crippen LogP contribution in [-0.4, -0.2) is 26.3 Å². The number of esters is 1. The maximum absolute atomic E-state index is 11.3. The van der Waals surface area contributed by atoms with Gasteiger partial charge in [0.25, 0.3) is 0 Å². The lowest BCUT2D eigenvalue weighted by Crippen LogP contribution is -2.12. The van der Waals surface area contributed by atoms with Gasteiger partial charge in [-0.05, 0) is 11.6 Å². The summed E-state index contributed by atoms with van der Waals surface area (Å²) < 4.78 is 9.68. The minimum atomic E-state index is -0.292. The summed E-state index contributed by atoms with van der Waals surface area (Å²) in [5.74, 6) is -0.292. The molecule has 82 valence electrons. The van der Waals surface area contributed by atoms with Gasteiger partial charge >= 0.3 is 5.97 Å². The zero-order chi connectivity index (χ0) is 11.1. The first-order valence-electron chi connectivity index (χ1n) is 4.62. The number of hydrogen-bond donors (Lipinski definition) is 0. The molecule has 0 aromatic heterocycles. The zero-order valence-electron chi connectivity index (χ0n) is 8.53. The van der Waals surface area contributed by atoms with Gasteiger partial charge in [0.15, 0.2) is 0 Å². The largest absolute Gasteiger partial charge is 0.463 e. The van der Waals surface area contributed by atoms with Crippen molar-refractivity contribution in [3.05, 3.63) is 34.9 Å². The van der Waals surface area contributed by atoms with Gasteiger partial charge in [-0.2, -0.15) is 0 Å². The third-order valence-corrected chi connectivity index (χ3v) is 2.21. The van der Waals surface area contributed by atoms with Gasteiger partial charge in [-0.15, -0.1) is 0 Å². The van der Waals surface area contributed by atoms with Gasteiger partial charge in [-0.25, -0.2) is 0 Å². The summed E-state index contributed by atoms with van der Waals surface area (Å²) in [6.45, 7) is 0.689. The highest BCUT2D eigenvalue weighted by Crippen LogP contribution is 2.15. The normalized spacial score (nSPS) is 10.0. The van der Waals surface area contributed by atoms with Crippen LogP contribution in [0.5, 0.6) is 0 Å². The molecule has 0 aliphatic carbocycles. The highest BCUT2D eigenvalue weighted by atomic mass is 35.5.